The fourth-order valence-electron chi connectivity index (χ4n) is 3.49. The molecule has 0 radical (unpaired) electrons. The molecular weight excluding hydrogens is 309 g/mol. The Kier molecular flexibility index (Phi) is 6.07. The van der Waals surface area contributed by atoms with Crippen LogP contribution < -0.4 is 4.74 Å². The molecule has 2 atom stereocenters. The molecule has 2 aliphatic rings. The maximum atomic E-state index is 12.9. The fourth-order valence-corrected chi connectivity index (χ4v) is 3.49. The zero-order chi connectivity index (χ0) is 16.8. The van der Waals surface area contributed by atoms with Gasteiger partial charge in [0.15, 0.2) is 0 Å². The summed E-state index contributed by atoms with van der Waals surface area (Å²) in [7, 11) is 0. The predicted molar refractivity (Wildman–Crippen MR) is 89.4 cm³/mol. The summed E-state index contributed by atoms with van der Waals surface area (Å²) < 4.78 is 24.2. The van der Waals surface area contributed by atoms with Gasteiger partial charge in [-0.3, -0.25) is 4.79 Å². The Morgan fingerprint density at radius 3 is 2.83 bits per heavy atom. The minimum absolute atomic E-state index is 0.233. The number of amides is 1. The molecule has 4 nitrogen and oxygen atoms in total. The lowest BCUT2D eigenvalue weighted by atomic mass is 9.98. The van der Waals surface area contributed by atoms with Crippen molar-refractivity contribution in [2.75, 3.05) is 26.3 Å². The topological polar surface area (TPSA) is 38.8 Å². The number of carbonyl (C=O) groups excluding carboxylic acids is 1. The summed E-state index contributed by atoms with van der Waals surface area (Å²) in [5.41, 5.74) is 0. The van der Waals surface area contributed by atoms with Gasteiger partial charge in [0.1, 0.15) is 11.6 Å². The van der Waals surface area contributed by atoms with Crippen molar-refractivity contribution >= 4 is 5.91 Å². The minimum Gasteiger partial charge on any atom is -0.493 e. The maximum absolute atomic E-state index is 12.9. The van der Waals surface area contributed by atoms with Crippen molar-refractivity contribution < 1.29 is 18.7 Å². The number of benzene rings is 1. The van der Waals surface area contributed by atoms with Gasteiger partial charge in [-0.2, -0.15) is 0 Å². The summed E-state index contributed by atoms with van der Waals surface area (Å²) in [6.45, 7) is 3.01. The van der Waals surface area contributed by atoms with Crippen molar-refractivity contribution in [3.05, 3.63) is 30.1 Å². The Hall–Kier alpha value is -1.62. The Balaban J connectivity index is 1.41. The average Bonchev–Trinajstić information content (AvgIpc) is 3.13. The smallest absolute Gasteiger partial charge is 0.222 e. The molecule has 2 aliphatic heterocycles. The highest BCUT2D eigenvalue weighted by molar-refractivity contribution is 5.76. The highest BCUT2D eigenvalue weighted by atomic mass is 19.1. The lowest BCUT2D eigenvalue weighted by Gasteiger charge is -2.33. The van der Waals surface area contributed by atoms with Gasteiger partial charge in [0.05, 0.1) is 12.7 Å². The van der Waals surface area contributed by atoms with E-state index in [0.29, 0.717) is 24.7 Å². The standard InChI is InChI=1S/C19H26FNO3/c20-16-5-7-18(8-6-16)24-14-15-3-1-11-21(13-15)19(22)10-9-17-4-2-12-23-17/h5-8,15,17H,1-4,9-14H2. The zero-order valence-corrected chi connectivity index (χ0v) is 14.1. The zero-order valence-electron chi connectivity index (χ0n) is 14.1. The third-order valence-electron chi connectivity index (χ3n) is 4.88. The van der Waals surface area contributed by atoms with Gasteiger partial charge in [0.2, 0.25) is 5.91 Å². The molecule has 2 unspecified atom stereocenters. The lowest BCUT2D eigenvalue weighted by Crippen LogP contribution is -2.41. The van der Waals surface area contributed by atoms with Gasteiger partial charge in [0.25, 0.3) is 0 Å². The van der Waals surface area contributed by atoms with E-state index in [1.807, 2.05) is 4.90 Å². The molecular formula is C19H26FNO3. The number of likely N-dealkylation sites (tertiary alicyclic amines) is 1. The normalized spacial score (nSPS) is 24.1. The van der Waals surface area contributed by atoms with Gasteiger partial charge < -0.3 is 14.4 Å². The highest BCUT2D eigenvalue weighted by Gasteiger charge is 2.25. The van der Waals surface area contributed by atoms with Crippen LogP contribution in [0.1, 0.15) is 38.5 Å². The van der Waals surface area contributed by atoms with Crippen LogP contribution in [0.5, 0.6) is 5.75 Å². The van der Waals surface area contributed by atoms with Crippen LogP contribution in [-0.4, -0.2) is 43.2 Å². The Labute approximate surface area is 142 Å². The molecule has 0 spiro atoms. The molecule has 2 heterocycles. The molecule has 1 aromatic rings. The number of ether oxygens (including phenoxy) is 2. The Morgan fingerprint density at radius 1 is 1.25 bits per heavy atom. The first-order chi connectivity index (χ1) is 11.7. The average molecular weight is 335 g/mol. The number of rotatable bonds is 6. The van der Waals surface area contributed by atoms with Gasteiger partial charge in [-0.05, 0) is 56.4 Å². The van der Waals surface area contributed by atoms with Crippen LogP contribution in [-0.2, 0) is 9.53 Å². The number of hydrogen-bond acceptors (Lipinski definition) is 3. The molecule has 1 aromatic carbocycles. The van der Waals surface area contributed by atoms with Gasteiger partial charge in [-0.25, -0.2) is 4.39 Å². The van der Waals surface area contributed by atoms with E-state index in [4.69, 9.17) is 9.47 Å². The molecule has 2 saturated heterocycles. The van der Waals surface area contributed by atoms with Crippen LogP contribution in [0, 0.1) is 11.7 Å². The third-order valence-corrected chi connectivity index (χ3v) is 4.88. The number of carbonyl (C=O) groups is 1. The molecule has 132 valence electrons. The Morgan fingerprint density at radius 2 is 2.08 bits per heavy atom. The largest absolute Gasteiger partial charge is 0.493 e. The molecule has 24 heavy (non-hydrogen) atoms. The van der Waals surface area contributed by atoms with Crippen molar-refractivity contribution in [3.8, 4) is 5.75 Å². The summed E-state index contributed by atoms with van der Waals surface area (Å²) >= 11 is 0. The summed E-state index contributed by atoms with van der Waals surface area (Å²) in [4.78, 5) is 14.4. The molecule has 0 aliphatic carbocycles. The number of piperidine rings is 1. The second-order valence-electron chi connectivity index (χ2n) is 6.79. The van der Waals surface area contributed by atoms with Gasteiger partial charge in [-0.15, -0.1) is 0 Å². The first-order valence-corrected chi connectivity index (χ1v) is 8.98. The lowest BCUT2D eigenvalue weighted by molar-refractivity contribution is -0.133. The summed E-state index contributed by atoms with van der Waals surface area (Å²) in [5.74, 6) is 0.994. The van der Waals surface area contributed by atoms with Gasteiger partial charge in [-0.1, -0.05) is 0 Å². The Bertz CT molecular complexity index is 528. The molecule has 0 saturated carbocycles. The minimum atomic E-state index is -0.261. The van der Waals surface area contributed by atoms with Crippen LogP contribution in [0.25, 0.3) is 0 Å². The summed E-state index contributed by atoms with van der Waals surface area (Å²) in [5, 5.41) is 0. The van der Waals surface area contributed by atoms with Crippen LogP contribution in [0.3, 0.4) is 0 Å². The quantitative estimate of drug-likeness (QED) is 0.800. The second kappa shape index (κ2) is 8.47. The van der Waals surface area contributed by atoms with Crippen LogP contribution in [0.4, 0.5) is 4.39 Å². The molecule has 0 aromatic heterocycles. The molecule has 0 bridgehead atoms. The van der Waals surface area contributed by atoms with Crippen LogP contribution in [0.15, 0.2) is 24.3 Å². The fraction of sp³-hybridized carbons (Fsp3) is 0.632. The van der Waals surface area contributed by atoms with E-state index in [1.165, 1.54) is 12.1 Å². The van der Waals surface area contributed by atoms with E-state index in [-0.39, 0.29) is 17.8 Å². The molecule has 3 rings (SSSR count). The molecule has 5 heteroatoms. The first-order valence-electron chi connectivity index (χ1n) is 8.98. The molecule has 0 N–H and O–H groups in total. The molecule has 1 amide bonds. The van der Waals surface area contributed by atoms with E-state index in [1.54, 1.807) is 12.1 Å². The van der Waals surface area contributed by atoms with E-state index in [9.17, 15) is 9.18 Å². The van der Waals surface area contributed by atoms with Crippen molar-refractivity contribution in [1.29, 1.82) is 0 Å². The third kappa shape index (κ3) is 4.94. The number of nitrogens with zero attached hydrogens (tertiary/aromatic N) is 1. The predicted octanol–water partition coefficient (Wildman–Crippen LogP) is 3.40. The van der Waals surface area contributed by atoms with Gasteiger partial charge in [0, 0.05) is 32.0 Å². The molecule has 2 fully saturated rings. The van der Waals surface area contributed by atoms with Crippen molar-refractivity contribution in [2.24, 2.45) is 5.92 Å². The SMILES string of the molecule is O=C(CCC1CCCO1)N1CCCC(COc2ccc(F)cc2)C1. The van der Waals surface area contributed by atoms with E-state index in [0.717, 1.165) is 51.8 Å². The van der Waals surface area contributed by atoms with Crippen LogP contribution in [0.2, 0.25) is 0 Å². The van der Waals surface area contributed by atoms with E-state index >= 15 is 0 Å². The van der Waals surface area contributed by atoms with E-state index in [2.05, 4.69) is 0 Å². The maximum Gasteiger partial charge on any atom is 0.222 e. The van der Waals surface area contributed by atoms with E-state index < -0.39 is 0 Å². The second-order valence-corrected chi connectivity index (χ2v) is 6.79. The van der Waals surface area contributed by atoms with Crippen molar-refractivity contribution in [3.63, 3.8) is 0 Å². The highest BCUT2D eigenvalue weighted by Crippen LogP contribution is 2.22. The summed E-state index contributed by atoms with van der Waals surface area (Å²) in [6.07, 6.45) is 5.98. The number of halogens is 1. The van der Waals surface area contributed by atoms with Gasteiger partial charge >= 0.3 is 0 Å². The monoisotopic (exact) mass is 335 g/mol. The van der Waals surface area contributed by atoms with Crippen LogP contribution >= 0.6 is 0 Å². The van der Waals surface area contributed by atoms with Crippen molar-refractivity contribution in [2.45, 2.75) is 44.6 Å². The summed E-state index contributed by atoms with van der Waals surface area (Å²) in [6, 6.07) is 6.08. The first kappa shape index (κ1) is 17.2. The number of hydrogen-bond donors (Lipinski definition) is 0. The van der Waals surface area contributed by atoms with Crippen molar-refractivity contribution in [1.82, 2.24) is 4.90 Å².